The number of amides is 1. The molecule has 1 amide bonds. The van der Waals surface area contributed by atoms with Crippen molar-refractivity contribution in [1.82, 2.24) is 14.9 Å². The van der Waals surface area contributed by atoms with Crippen LogP contribution in [0.5, 0.6) is 0 Å². The molecule has 1 aromatic heterocycles. The molecule has 0 saturated carbocycles. The van der Waals surface area contributed by atoms with Crippen LogP contribution in [0.3, 0.4) is 0 Å². The minimum absolute atomic E-state index is 0.0645. The number of thioether (sulfide) groups is 1. The van der Waals surface area contributed by atoms with Gasteiger partial charge < -0.3 is 15.6 Å². The molecule has 3 N–H and O–H groups in total. The van der Waals surface area contributed by atoms with E-state index in [4.69, 9.17) is 5.73 Å². The zero-order valence-electron chi connectivity index (χ0n) is 11.7. The average Bonchev–Trinajstić information content (AvgIpc) is 2.97. The van der Waals surface area contributed by atoms with Crippen LogP contribution in [0.25, 0.3) is 0 Å². The number of hydrogen-bond acceptors (Lipinski definition) is 4. The summed E-state index contributed by atoms with van der Waals surface area (Å²) >= 11 is 1.84. The summed E-state index contributed by atoms with van der Waals surface area (Å²) in [6.07, 6.45) is 4.33. The summed E-state index contributed by atoms with van der Waals surface area (Å²) in [5.74, 6) is 0.890. The van der Waals surface area contributed by atoms with Crippen molar-refractivity contribution in [3.05, 3.63) is 48.0 Å². The number of aromatic nitrogens is 2. The molecule has 21 heavy (non-hydrogen) atoms. The quantitative estimate of drug-likeness (QED) is 0.903. The number of carbonyl (C=O) groups is 1. The molecule has 1 aliphatic heterocycles. The van der Waals surface area contributed by atoms with Gasteiger partial charge in [0.25, 0.3) is 5.91 Å². The Hall–Kier alpha value is -1.79. The molecule has 0 bridgehead atoms. The molecule has 1 aliphatic rings. The summed E-state index contributed by atoms with van der Waals surface area (Å²) in [6, 6.07) is 8.30. The molecular weight excluding hydrogens is 284 g/mol. The smallest absolute Gasteiger partial charge is 0.271 e. The maximum atomic E-state index is 12.3. The highest BCUT2D eigenvalue weighted by Crippen LogP contribution is 2.35. The normalized spacial score (nSPS) is 17.3. The second-order valence-corrected chi connectivity index (χ2v) is 6.12. The van der Waals surface area contributed by atoms with E-state index in [-0.39, 0.29) is 11.9 Å². The molecule has 1 unspecified atom stereocenters. The largest absolute Gasteiger partial charge is 0.344 e. The summed E-state index contributed by atoms with van der Waals surface area (Å²) in [6.45, 7) is 1.20. The third-order valence-corrected chi connectivity index (χ3v) is 4.64. The first-order valence-corrected chi connectivity index (χ1v) is 8.01. The van der Waals surface area contributed by atoms with Crippen molar-refractivity contribution in [2.45, 2.75) is 23.9 Å². The summed E-state index contributed by atoms with van der Waals surface area (Å²) in [4.78, 5) is 17.7. The summed E-state index contributed by atoms with van der Waals surface area (Å²) in [7, 11) is 0. The van der Waals surface area contributed by atoms with E-state index >= 15 is 0 Å². The molecule has 5 nitrogen and oxygen atoms in total. The molecule has 0 saturated heterocycles. The van der Waals surface area contributed by atoms with Gasteiger partial charge >= 0.3 is 0 Å². The Morgan fingerprint density at radius 2 is 2.33 bits per heavy atom. The molecule has 3 rings (SSSR count). The number of nitrogens with zero attached hydrogens (tertiary/aromatic N) is 2. The van der Waals surface area contributed by atoms with Gasteiger partial charge in [-0.1, -0.05) is 18.2 Å². The van der Waals surface area contributed by atoms with E-state index in [1.807, 2.05) is 28.5 Å². The van der Waals surface area contributed by atoms with Crippen molar-refractivity contribution in [3.63, 3.8) is 0 Å². The van der Waals surface area contributed by atoms with Gasteiger partial charge in [-0.15, -0.1) is 11.8 Å². The average molecular weight is 302 g/mol. The lowest BCUT2D eigenvalue weighted by molar-refractivity contribution is 0.0930. The number of hydrogen-bond donors (Lipinski definition) is 2. The highest BCUT2D eigenvalue weighted by Gasteiger charge is 2.23. The van der Waals surface area contributed by atoms with Crippen molar-refractivity contribution in [1.29, 1.82) is 0 Å². The second-order valence-electron chi connectivity index (χ2n) is 4.99. The van der Waals surface area contributed by atoms with Crippen molar-refractivity contribution >= 4 is 17.7 Å². The predicted octanol–water partition coefficient (Wildman–Crippen LogP) is 1.81. The third kappa shape index (κ3) is 3.11. The van der Waals surface area contributed by atoms with E-state index in [2.05, 4.69) is 22.4 Å². The topological polar surface area (TPSA) is 72.9 Å². The van der Waals surface area contributed by atoms with Gasteiger partial charge in [0.1, 0.15) is 5.69 Å². The van der Waals surface area contributed by atoms with Crippen LogP contribution >= 0.6 is 11.8 Å². The van der Waals surface area contributed by atoms with E-state index < -0.39 is 0 Å². The minimum atomic E-state index is -0.127. The number of benzene rings is 1. The molecule has 0 aliphatic carbocycles. The zero-order chi connectivity index (χ0) is 14.7. The molecule has 1 atom stereocenters. The number of carbonyl (C=O) groups excluding carboxylic acids is 1. The Balaban J connectivity index is 1.73. The molecule has 6 heteroatoms. The monoisotopic (exact) mass is 302 g/mol. The first-order chi connectivity index (χ1) is 10.3. The molecule has 2 aromatic rings. The van der Waals surface area contributed by atoms with Gasteiger partial charge in [0.05, 0.1) is 12.4 Å². The molecule has 0 spiro atoms. The molecule has 2 heterocycles. The van der Waals surface area contributed by atoms with Gasteiger partial charge in [-0.05, 0) is 18.1 Å². The number of fused-ring (bicyclic) bond motifs is 1. The summed E-state index contributed by atoms with van der Waals surface area (Å²) in [5, 5.41) is 3.09. The predicted molar refractivity (Wildman–Crippen MR) is 83.3 cm³/mol. The Kier molecular flexibility index (Phi) is 4.26. The van der Waals surface area contributed by atoms with Crippen molar-refractivity contribution in [2.75, 3.05) is 12.3 Å². The highest BCUT2D eigenvalue weighted by molar-refractivity contribution is 7.99. The number of rotatable bonds is 4. The fourth-order valence-electron chi connectivity index (χ4n) is 2.47. The Morgan fingerprint density at radius 3 is 3.19 bits per heavy atom. The first-order valence-electron chi connectivity index (χ1n) is 7.02. The van der Waals surface area contributed by atoms with Gasteiger partial charge in [-0.2, -0.15) is 0 Å². The molecule has 1 aromatic carbocycles. The minimum Gasteiger partial charge on any atom is -0.344 e. The maximum absolute atomic E-state index is 12.3. The van der Waals surface area contributed by atoms with Gasteiger partial charge in [-0.3, -0.25) is 4.79 Å². The van der Waals surface area contributed by atoms with E-state index in [0.717, 1.165) is 12.2 Å². The van der Waals surface area contributed by atoms with Crippen LogP contribution in [-0.4, -0.2) is 27.8 Å². The van der Waals surface area contributed by atoms with Gasteiger partial charge in [-0.25, -0.2) is 4.98 Å². The number of imidazole rings is 1. The van der Waals surface area contributed by atoms with Crippen LogP contribution in [-0.2, 0) is 6.54 Å². The van der Waals surface area contributed by atoms with Gasteiger partial charge in [0.2, 0.25) is 0 Å². The van der Waals surface area contributed by atoms with Crippen LogP contribution in [0.1, 0.15) is 28.5 Å². The second kappa shape index (κ2) is 6.32. The van der Waals surface area contributed by atoms with Crippen molar-refractivity contribution in [2.24, 2.45) is 5.73 Å². The van der Waals surface area contributed by atoms with Crippen LogP contribution < -0.4 is 11.1 Å². The molecule has 0 radical (unpaired) electrons. The van der Waals surface area contributed by atoms with Gasteiger partial charge in [0.15, 0.2) is 0 Å². The lowest BCUT2D eigenvalue weighted by Gasteiger charge is -2.25. The van der Waals surface area contributed by atoms with Crippen LogP contribution in [0.15, 0.2) is 41.7 Å². The number of nitrogens with two attached hydrogens (primary N) is 1. The van der Waals surface area contributed by atoms with E-state index in [0.29, 0.717) is 18.8 Å². The fraction of sp³-hybridized carbons (Fsp3) is 0.333. The first kappa shape index (κ1) is 14.2. The molecule has 110 valence electrons. The standard InChI is InChI=1S/C15H18N4OS/c16-6-7-19-9-13(17-10-19)15(20)18-12-5-8-21-14-4-2-1-3-11(12)14/h1-4,9-10,12H,5-8,16H2,(H,18,20). The summed E-state index contributed by atoms with van der Waals surface area (Å²) < 4.78 is 1.83. The van der Waals surface area contributed by atoms with Gasteiger partial charge in [0, 0.05) is 29.9 Å². The Labute approximate surface area is 127 Å². The lowest BCUT2D eigenvalue weighted by atomic mass is 10.0. The van der Waals surface area contributed by atoms with E-state index in [9.17, 15) is 4.79 Å². The fourth-order valence-corrected chi connectivity index (χ4v) is 3.60. The third-order valence-electron chi connectivity index (χ3n) is 3.52. The van der Waals surface area contributed by atoms with Crippen molar-refractivity contribution < 1.29 is 4.79 Å². The maximum Gasteiger partial charge on any atom is 0.271 e. The van der Waals surface area contributed by atoms with E-state index in [1.54, 1.807) is 12.5 Å². The lowest BCUT2D eigenvalue weighted by Crippen LogP contribution is -2.30. The zero-order valence-corrected chi connectivity index (χ0v) is 12.5. The Morgan fingerprint density at radius 1 is 1.48 bits per heavy atom. The Bertz CT molecular complexity index is 640. The van der Waals surface area contributed by atoms with Crippen LogP contribution in [0.4, 0.5) is 0 Å². The van der Waals surface area contributed by atoms with Crippen molar-refractivity contribution in [3.8, 4) is 0 Å². The van der Waals surface area contributed by atoms with Crippen LogP contribution in [0, 0.1) is 0 Å². The van der Waals surface area contributed by atoms with Crippen LogP contribution in [0.2, 0.25) is 0 Å². The SMILES string of the molecule is NCCn1cnc(C(=O)NC2CCSc3ccccc32)c1. The van der Waals surface area contributed by atoms with E-state index in [1.165, 1.54) is 10.5 Å². The molecular formula is C15H18N4OS. The highest BCUT2D eigenvalue weighted by atomic mass is 32.2. The number of nitrogens with one attached hydrogen (secondary N) is 1. The molecule has 0 fully saturated rings. The summed E-state index contributed by atoms with van der Waals surface area (Å²) in [5.41, 5.74) is 7.14.